The van der Waals surface area contributed by atoms with Crippen LogP contribution < -0.4 is 14.8 Å². The molecule has 4 rings (SSSR count). The molecule has 162 valence electrons. The third-order valence-electron chi connectivity index (χ3n) is 6.10. The summed E-state index contributed by atoms with van der Waals surface area (Å²) >= 11 is 5.53. The third kappa shape index (κ3) is 4.17. The van der Waals surface area contributed by atoms with Crippen LogP contribution in [-0.2, 0) is 11.4 Å². The highest BCUT2D eigenvalue weighted by Gasteiger charge is 2.36. The van der Waals surface area contributed by atoms with Gasteiger partial charge >= 0.3 is 0 Å². The summed E-state index contributed by atoms with van der Waals surface area (Å²) in [6, 6.07) is 11.9. The maximum atomic E-state index is 12.8. The van der Waals surface area contributed by atoms with Crippen LogP contribution in [0.25, 0.3) is 0 Å². The van der Waals surface area contributed by atoms with Gasteiger partial charge in [0, 0.05) is 24.7 Å². The molecule has 1 N–H and O–H groups in total. The number of hydrogen-bond donors (Lipinski definition) is 1. The lowest BCUT2D eigenvalue weighted by molar-refractivity contribution is -0.116. The van der Waals surface area contributed by atoms with Gasteiger partial charge in [-0.3, -0.25) is 4.79 Å². The van der Waals surface area contributed by atoms with Gasteiger partial charge in [0.15, 0.2) is 22.4 Å². The van der Waals surface area contributed by atoms with Crippen molar-refractivity contribution in [2.24, 2.45) is 0 Å². The molecular weight excluding hydrogens is 408 g/mol. The van der Waals surface area contributed by atoms with Crippen molar-refractivity contribution in [3.8, 4) is 11.5 Å². The summed E-state index contributed by atoms with van der Waals surface area (Å²) in [6.07, 6.45) is 2.31. The van der Waals surface area contributed by atoms with Gasteiger partial charge in [-0.25, -0.2) is 0 Å². The Morgan fingerprint density at radius 2 is 1.94 bits per heavy atom. The van der Waals surface area contributed by atoms with Gasteiger partial charge in [-0.05, 0) is 67.7 Å². The molecule has 0 saturated carbocycles. The zero-order valence-corrected chi connectivity index (χ0v) is 19.3. The molecule has 1 atom stereocenters. The molecule has 0 fully saturated rings. The highest BCUT2D eigenvalue weighted by Crippen LogP contribution is 2.39. The Bertz CT molecular complexity index is 1080. The van der Waals surface area contributed by atoms with Crippen LogP contribution in [0.3, 0.4) is 0 Å². The quantitative estimate of drug-likeness (QED) is 0.682. The number of Topliss-reactive ketones (excluding diaryl/α,β-unsaturated/α-hetero) is 1. The molecule has 0 saturated heterocycles. The van der Waals surface area contributed by atoms with Crippen molar-refractivity contribution in [1.82, 2.24) is 10.2 Å². The number of thiocarbonyl (C=S) groups is 1. The molecule has 2 aromatic rings. The number of ether oxygens (including phenoxy) is 2. The molecule has 0 radical (unpaired) electrons. The average Bonchev–Trinajstić information content (AvgIpc) is 2.77. The van der Waals surface area contributed by atoms with Crippen molar-refractivity contribution in [1.29, 1.82) is 0 Å². The average molecular weight is 437 g/mol. The van der Waals surface area contributed by atoms with Crippen LogP contribution in [0.1, 0.15) is 47.6 Å². The zero-order chi connectivity index (χ0) is 22.1. The molecule has 2 aliphatic rings. The minimum absolute atomic E-state index is 0.183. The van der Waals surface area contributed by atoms with E-state index in [9.17, 15) is 4.79 Å². The first kappa shape index (κ1) is 21.4. The molecule has 1 unspecified atom stereocenters. The Hall–Kier alpha value is -2.86. The molecule has 31 heavy (non-hydrogen) atoms. The van der Waals surface area contributed by atoms with Crippen LogP contribution in [0.4, 0.5) is 0 Å². The molecule has 1 aliphatic heterocycles. The standard InChI is InChI=1S/C25H28N2O3S/c1-15-8-9-16(2)18(12-15)14-30-21-11-10-17(13-22(21)29-4)24-23-19(6-5-7-20(23)28)27(3)25(31)26-24/h8-13,24H,5-7,14H2,1-4H3,(H,26,31). The van der Waals surface area contributed by atoms with E-state index in [4.69, 9.17) is 21.7 Å². The Labute approximate surface area is 189 Å². The van der Waals surface area contributed by atoms with Gasteiger partial charge in [-0.1, -0.05) is 29.8 Å². The maximum Gasteiger partial charge on any atom is 0.173 e. The summed E-state index contributed by atoms with van der Waals surface area (Å²) < 4.78 is 11.7. The largest absolute Gasteiger partial charge is 0.493 e. The van der Waals surface area contributed by atoms with Crippen LogP contribution in [0.2, 0.25) is 0 Å². The number of nitrogens with zero attached hydrogens (tertiary/aromatic N) is 1. The SMILES string of the molecule is COc1cc(C2NC(=S)N(C)C3=C2C(=O)CCC3)ccc1OCc1cc(C)ccc1C. The first-order valence-electron chi connectivity index (χ1n) is 10.6. The summed E-state index contributed by atoms with van der Waals surface area (Å²) in [4.78, 5) is 14.7. The van der Waals surface area contributed by atoms with E-state index >= 15 is 0 Å². The van der Waals surface area contributed by atoms with E-state index in [1.807, 2.05) is 30.1 Å². The second kappa shape index (κ2) is 8.71. The van der Waals surface area contributed by atoms with Crippen LogP contribution in [-0.4, -0.2) is 30.0 Å². The molecule has 0 bridgehead atoms. The summed E-state index contributed by atoms with van der Waals surface area (Å²) in [5.74, 6) is 1.49. The fraction of sp³-hybridized carbons (Fsp3) is 0.360. The first-order valence-corrected chi connectivity index (χ1v) is 11.0. The third-order valence-corrected chi connectivity index (χ3v) is 6.50. The lowest BCUT2D eigenvalue weighted by atomic mass is 9.85. The molecule has 2 aromatic carbocycles. The molecule has 0 aromatic heterocycles. The van der Waals surface area contributed by atoms with E-state index in [-0.39, 0.29) is 11.8 Å². The van der Waals surface area contributed by atoms with Gasteiger partial charge in [-0.2, -0.15) is 0 Å². The lowest BCUT2D eigenvalue weighted by Crippen LogP contribution is -2.47. The number of allylic oxidation sites excluding steroid dienone is 1. The monoisotopic (exact) mass is 436 g/mol. The van der Waals surface area contributed by atoms with Crippen LogP contribution >= 0.6 is 12.2 Å². The molecular formula is C25H28N2O3S. The predicted octanol–water partition coefficient (Wildman–Crippen LogP) is 4.76. The van der Waals surface area contributed by atoms with Gasteiger partial charge < -0.3 is 19.7 Å². The van der Waals surface area contributed by atoms with E-state index in [1.54, 1.807) is 7.11 Å². The fourth-order valence-corrected chi connectivity index (χ4v) is 4.51. The van der Waals surface area contributed by atoms with Crippen molar-refractivity contribution in [2.45, 2.75) is 45.8 Å². The van der Waals surface area contributed by atoms with E-state index in [0.717, 1.165) is 35.2 Å². The second-order valence-electron chi connectivity index (χ2n) is 8.21. The van der Waals surface area contributed by atoms with Gasteiger partial charge in [0.1, 0.15) is 6.61 Å². The second-order valence-corrected chi connectivity index (χ2v) is 8.59. The highest BCUT2D eigenvalue weighted by atomic mass is 32.1. The summed E-state index contributed by atoms with van der Waals surface area (Å²) in [5, 5.41) is 3.97. The first-order chi connectivity index (χ1) is 14.9. The molecule has 0 amide bonds. The Morgan fingerprint density at radius 3 is 2.71 bits per heavy atom. The van der Waals surface area contributed by atoms with E-state index in [0.29, 0.717) is 29.6 Å². The van der Waals surface area contributed by atoms with E-state index in [1.165, 1.54) is 11.1 Å². The smallest absolute Gasteiger partial charge is 0.173 e. The minimum Gasteiger partial charge on any atom is -0.493 e. The number of rotatable bonds is 5. The fourth-order valence-electron chi connectivity index (χ4n) is 4.28. The Kier molecular flexibility index (Phi) is 6.01. The number of carbonyl (C=O) groups is 1. The van der Waals surface area contributed by atoms with Gasteiger partial charge in [-0.15, -0.1) is 0 Å². The Morgan fingerprint density at radius 1 is 1.13 bits per heavy atom. The van der Waals surface area contributed by atoms with Gasteiger partial charge in [0.25, 0.3) is 0 Å². The summed E-state index contributed by atoms with van der Waals surface area (Å²) in [6.45, 7) is 4.63. The number of carbonyl (C=O) groups excluding carboxylic acids is 1. The van der Waals surface area contributed by atoms with E-state index < -0.39 is 0 Å². The molecule has 5 nitrogen and oxygen atoms in total. The Balaban J connectivity index is 1.63. The lowest BCUT2D eigenvalue weighted by Gasteiger charge is -2.39. The van der Waals surface area contributed by atoms with Crippen LogP contribution in [0.15, 0.2) is 47.7 Å². The summed E-state index contributed by atoms with van der Waals surface area (Å²) in [5.41, 5.74) is 6.33. The topological polar surface area (TPSA) is 50.8 Å². The normalized spacial score (nSPS) is 18.6. The molecule has 6 heteroatoms. The van der Waals surface area contributed by atoms with Crippen molar-refractivity contribution in [2.75, 3.05) is 14.2 Å². The van der Waals surface area contributed by atoms with Gasteiger partial charge in [0.05, 0.1) is 13.2 Å². The number of ketones is 1. The van der Waals surface area contributed by atoms with Crippen molar-refractivity contribution < 1.29 is 14.3 Å². The predicted molar refractivity (Wildman–Crippen MR) is 125 cm³/mol. The maximum absolute atomic E-state index is 12.8. The zero-order valence-electron chi connectivity index (χ0n) is 18.5. The number of aryl methyl sites for hydroxylation is 2. The number of hydrogen-bond acceptors (Lipinski definition) is 4. The number of methoxy groups -OCH3 is 1. The van der Waals surface area contributed by atoms with Crippen LogP contribution in [0.5, 0.6) is 11.5 Å². The van der Waals surface area contributed by atoms with E-state index in [2.05, 4.69) is 37.4 Å². The van der Waals surface area contributed by atoms with Crippen LogP contribution in [0, 0.1) is 13.8 Å². The minimum atomic E-state index is -0.270. The molecule has 0 spiro atoms. The summed E-state index contributed by atoms with van der Waals surface area (Å²) in [7, 11) is 3.55. The highest BCUT2D eigenvalue weighted by molar-refractivity contribution is 7.80. The number of nitrogens with one attached hydrogen (secondary N) is 1. The van der Waals surface area contributed by atoms with Crippen molar-refractivity contribution >= 4 is 23.1 Å². The van der Waals surface area contributed by atoms with Crippen molar-refractivity contribution in [3.05, 3.63) is 69.9 Å². The molecule has 1 heterocycles. The molecule has 1 aliphatic carbocycles. The van der Waals surface area contributed by atoms with Crippen molar-refractivity contribution in [3.63, 3.8) is 0 Å². The van der Waals surface area contributed by atoms with Gasteiger partial charge in [0.2, 0.25) is 0 Å². The number of benzene rings is 2.